The number of hydrogen-bond donors (Lipinski definition) is 2. The molecule has 10 heteroatoms. The van der Waals surface area contributed by atoms with Crippen LogP contribution in [0.2, 0.25) is 15.1 Å². The molecule has 0 aliphatic heterocycles. The van der Waals surface area contributed by atoms with E-state index in [4.69, 9.17) is 34.8 Å². The van der Waals surface area contributed by atoms with Crippen molar-refractivity contribution in [3.63, 3.8) is 0 Å². The fraction of sp³-hybridized carbons (Fsp3) is 0.263. The maximum Gasteiger partial charge on any atom is 0.421 e. The Morgan fingerprint density at radius 1 is 1.03 bits per heavy atom. The molecule has 1 atom stereocenters. The minimum atomic E-state index is -5.18. The molecule has 1 amide bonds. The fourth-order valence-electron chi connectivity index (χ4n) is 2.60. The van der Waals surface area contributed by atoms with E-state index in [1.807, 2.05) is 0 Å². The van der Waals surface area contributed by atoms with Gasteiger partial charge in [-0.15, -0.1) is 0 Å². The van der Waals surface area contributed by atoms with E-state index in [1.165, 1.54) is 31.2 Å². The molecule has 29 heavy (non-hydrogen) atoms. The summed E-state index contributed by atoms with van der Waals surface area (Å²) in [5, 5.41) is 12.9. The fourth-order valence-corrected chi connectivity index (χ4v) is 3.31. The monoisotopic (exact) mass is 467 g/mol. The maximum absolute atomic E-state index is 13.7. The summed E-state index contributed by atoms with van der Waals surface area (Å²) in [6.45, 7) is 1.27. The molecule has 2 aromatic rings. The molecular formula is C19H15Cl3F3NO3. The minimum Gasteiger partial charge on any atom is -0.376 e. The van der Waals surface area contributed by atoms with Gasteiger partial charge >= 0.3 is 6.18 Å². The van der Waals surface area contributed by atoms with E-state index in [9.17, 15) is 27.9 Å². The molecule has 0 saturated heterocycles. The van der Waals surface area contributed by atoms with Gasteiger partial charge in [0.05, 0.1) is 6.42 Å². The first-order valence-electron chi connectivity index (χ1n) is 8.15. The van der Waals surface area contributed by atoms with Crippen LogP contribution in [0.15, 0.2) is 36.4 Å². The number of benzene rings is 2. The van der Waals surface area contributed by atoms with Gasteiger partial charge in [-0.25, -0.2) is 0 Å². The van der Waals surface area contributed by atoms with Gasteiger partial charge in [-0.1, -0.05) is 34.8 Å². The second-order valence-corrected chi connectivity index (χ2v) is 7.61. The lowest BCUT2D eigenvalue weighted by molar-refractivity contribution is -0.264. The number of aliphatic hydroxyl groups is 1. The third-order valence-electron chi connectivity index (χ3n) is 4.12. The van der Waals surface area contributed by atoms with Crippen molar-refractivity contribution in [1.29, 1.82) is 0 Å². The summed E-state index contributed by atoms with van der Waals surface area (Å²) in [6.07, 6.45) is -6.48. The molecule has 0 bridgehead atoms. The standard InChI is InChI=1S/C19H15Cl3F3NO3/c1-10(27)26-9-12-4-11(2-3-16(12)22)17(28)8-18(29,19(23,24)25)13-5-14(20)7-15(21)6-13/h2-7,29H,8-9H2,1H3,(H,26,27). The van der Waals surface area contributed by atoms with E-state index in [2.05, 4.69) is 5.32 Å². The molecule has 0 heterocycles. The quantitative estimate of drug-likeness (QED) is 0.565. The summed E-state index contributed by atoms with van der Waals surface area (Å²) < 4.78 is 41.2. The predicted molar refractivity (Wildman–Crippen MR) is 104 cm³/mol. The Bertz CT molecular complexity index is 930. The number of hydrogen-bond acceptors (Lipinski definition) is 3. The SMILES string of the molecule is CC(=O)NCc1cc(C(=O)CC(O)(c2cc(Cl)cc(Cl)c2)C(F)(F)F)ccc1Cl. The Morgan fingerprint density at radius 2 is 1.62 bits per heavy atom. The molecule has 0 spiro atoms. The van der Waals surface area contributed by atoms with Crippen LogP contribution < -0.4 is 5.32 Å². The summed E-state index contributed by atoms with van der Waals surface area (Å²) in [7, 11) is 0. The maximum atomic E-state index is 13.7. The molecule has 2 N–H and O–H groups in total. The third kappa shape index (κ3) is 5.63. The van der Waals surface area contributed by atoms with Gasteiger partial charge in [-0.05, 0) is 47.5 Å². The van der Waals surface area contributed by atoms with Crippen LogP contribution in [0.1, 0.15) is 34.8 Å². The van der Waals surface area contributed by atoms with Gasteiger partial charge in [-0.2, -0.15) is 13.2 Å². The second kappa shape index (κ2) is 8.92. The summed E-state index contributed by atoms with van der Waals surface area (Å²) in [5.74, 6) is -1.33. The van der Waals surface area contributed by atoms with Crippen molar-refractivity contribution in [2.24, 2.45) is 0 Å². The van der Waals surface area contributed by atoms with Crippen LogP contribution in [0.3, 0.4) is 0 Å². The molecule has 0 saturated carbocycles. The van der Waals surface area contributed by atoms with Crippen LogP contribution in [0.5, 0.6) is 0 Å². The molecule has 0 radical (unpaired) electrons. The number of ketones is 1. The Labute approximate surface area is 179 Å². The van der Waals surface area contributed by atoms with Crippen molar-refractivity contribution < 1.29 is 27.9 Å². The summed E-state index contributed by atoms with van der Waals surface area (Å²) in [4.78, 5) is 23.7. The number of alkyl halides is 3. The van der Waals surface area contributed by atoms with Crippen molar-refractivity contribution in [2.75, 3.05) is 0 Å². The van der Waals surface area contributed by atoms with Crippen LogP contribution in [-0.4, -0.2) is 23.0 Å². The van der Waals surface area contributed by atoms with E-state index in [1.54, 1.807) is 0 Å². The van der Waals surface area contributed by atoms with Gasteiger partial charge in [-0.3, -0.25) is 9.59 Å². The zero-order valence-corrected chi connectivity index (χ0v) is 17.2. The zero-order valence-electron chi connectivity index (χ0n) is 14.9. The van der Waals surface area contributed by atoms with Crippen LogP contribution in [0.25, 0.3) is 0 Å². The van der Waals surface area contributed by atoms with Gasteiger partial charge in [0.1, 0.15) is 0 Å². The highest BCUT2D eigenvalue weighted by atomic mass is 35.5. The molecule has 156 valence electrons. The number of Topliss-reactive ketones (excluding diaryl/α,β-unsaturated/α-hetero) is 1. The first kappa shape index (κ1) is 23.5. The van der Waals surface area contributed by atoms with Gasteiger partial charge < -0.3 is 10.4 Å². The predicted octanol–water partition coefficient (Wildman–Crippen LogP) is 5.31. The largest absolute Gasteiger partial charge is 0.421 e. The van der Waals surface area contributed by atoms with Gasteiger partial charge in [0.2, 0.25) is 5.91 Å². The van der Waals surface area contributed by atoms with E-state index in [-0.39, 0.29) is 33.1 Å². The smallest absolute Gasteiger partial charge is 0.376 e. The Morgan fingerprint density at radius 3 is 2.14 bits per heavy atom. The number of nitrogens with one attached hydrogen (secondary N) is 1. The van der Waals surface area contributed by atoms with Crippen molar-refractivity contribution in [3.05, 3.63) is 68.2 Å². The molecule has 0 aliphatic carbocycles. The first-order chi connectivity index (χ1) is 13.3. The van der Waals surface area contributed by atoms with Crippen LogP contribution >= 0.6 is 34.8 Å². The third-order valence-corrected chi connectivity index (χ3v) is 4.93. The van der Waals surface area contributed by atoms with Crippen molar-refractivity contribution in [1.82, 2.24) is 5.32 Å². The van der Waals surface area contributed by atoms with Gasteiger partial charge in [0.25, 0.3) is 0 Å². The first-order valence-corrected chi connectivity index (χ1v) is 9.28. The van der Waals surface area contributed by atoms with Crippen LogP contribution in [-0.2, 0) is 16.9 Å². The van der Waals surface area contributed by atoms with Crippen molar-refractivity contribution in [2.45, 2.75) is 31.7 Å². The molecule has 2 rings (SSSR count). The lowest BCUT2D eigenvalue weighted by Crippen LogP contribution is -2.44. The van der Waals surface area contributed by atoms with Crippen LogP contribution in [0, 0.1) is 0 Å². The number of carbonyl (C=O) groups is 2. The topological polar surface area (TPSA) is 66.4 Å². The second-order valence-electron chi connectivity index (χ2n) is 6.33. The van der Waals surface area contributed by atoms with E-state index in [0.29, 0.717) is 5.56 Å². The highest BCUT2D eigenvalue weighted by Crippen LogP contribution is 2.43. The number of rotatable bonds is 6. The lowest BCUT2D eigenvalue weighted by atomic mass is 9.86. The number of amides is 1. The van der Waals surface area contributed by atoms with Gasteiger partial charge in [0.15, 0.2) is 11.4 Å². The Hall–Kier alpha value is -1.80. The summed E-state index contributed by atoms with van der Waals surface area (Å²) >= 11 is 17.5. The minimum absolute atomic E-state index is 0.0112. The molecule has 2 aromatic carbocycles. The Balaban J connectivity index is 2.41. The van der Waals surface area contributed by atoms with Crippen molar-refractivity contribution >= 4 is 46.5 Å². The average Bonchev–Trinajstić information content (AvgIpc) is 2.58. The number of carbonyl (C=O) groups excluding carboxylic acids is 2. The summed E-state index contributed by atoms with van der Waals surface area (Å²) in [6, 6.07) is 6.84. The lowest BCUT2D eigenvalue weighted by Gasteiger charge is -2.30. The Kier molecular flexibility index (Phi) is 7.22. The van der Waals surface area contributed by atoms with Gasteiger partial charge in [0, 0.05) is 34.1 Å². The molecular weight excluding hydrogens is 454 g/mol. The normalized spacial score (nSPS) is 13.7. The average molecular weight is 469 g/mol. The highest BCUT2D eigenvalue weighted by molar-refractivity contribution is 6.34. The highest BCUT2D eigenvalue weighted by Gasteiger charge is 2.56. The number of halogens is 6. The van der Waals surface area contributed by atoms with E-state index in [0.717, 1.165) is 12.1 Å². The molecule has 4 nitrogen and oxygen atoms in total. The summed E-state index contributed by atoms with van der Waals surface area (Å²) in [5.41, 5.74) is -3.92. The molecule has 0 aromatic heterocycles. The molecule has 0 fully saturated rings. The van der Waals surface area contributed by atoms with E-state index >= 15 is 0 Å². The molecule has 1 unspecified atom stereocenters. The van der Waals surface area contributed by atoms with Crippen LogP contribution in [0.4, 0.5) is 13.2 Å². The van der Waals surface area contributed by atoms with Crippen molar-refractivity contribution in [3.8, 4) is 0 Å². The molecule has 0 aliphatic rings. The van der Waals surface area contributed by atoms with E-state index < -0.39 is 29.5 Å². The zero-order chi connectivity index (χ0) is 22.0.